The van der Waals surface area contributed by atoms with Crippen LogP contribution in [0.1, 0.15) is 18.9 Å². The van der Waals surface area contributed by atoms with E-state index in [0.717, 1.165) is 23.3 Å². The number of likely N-dealkylation sites (N-methyl/N-ethyl adjacent to an activating group) is 1. The molecule has 0 atom stereocenters. The van der Waals surface area contributed by atoms with Crippen LogP contribution in [0.15, 0.2) is 52.7 Å². The van der Waals surface area contributed by atoms with Crippen LogP contribution < -0.4 is 0 Å². The first-order valence-corrected chi connectivity index (χ1v) is 7.11. The first-order chi connectivity index (χ1) is 9.24. The summed E-state index contributed by atoms with van der Waals surface area (Å²) < 4.78 is 0.962. The van der Waals surface area contributed by atoms with Crippen LogP contribution in [0.3, 0.4) is 0 Å². The minimum atomic E-state index is 0.659. The van der Waals surface area contributed by atoms with Gasteiger partial charge in [-0.15, -0.1) is 0 Å². The largest absolute Gasteiger partial charge is 0.367 e. The molecular weight excluding hydrogens is 302 g/mol. The van der Waals surface area contributed by atoms with Gasteiger partial charge in [0.2, 0.25) is 0 Å². The van der Waals surface area contributed by atoms with E-state index in [2.05, 4.69) is 62.9 Å². The molecule has 0 amide bonds. The van der Waals surface area contributed by atoms with Crippen molar-refractivity contribution in [3.63, 3.8) is 0 Å². The van der Waals surface area contributed by atoms with E-state index in [1.54, 1.807) is 0 Å². The minimum absolute atomic E-state index is 0.659. The molecule has 0 spiro atoms. The predicted molar refractivity (Wildman–Crippen MR) is 80.9 cm³/mol. The van der Waals surface area contributed by atoms with Crippen LogP contribution in [0.5, 0.6) is 0 Å². The Morgan fingerprint density at radius 1 is 1.32 bits per heavy atom. The zero-order valence-corrected chi connectivity index (χ0v) is 12.5. The standard InChI is InChI=1S/C15H16BrN3/c1-2-19(11-12-6-4-3-5-7-12)15-9-8-13(18-17)10-14(15)16/h3-7,9-10H,2,8,11H2,1H3. The van der Waals surface area contributed by atoms with Gasteiger partial charge >= 0.3 is 0 Å². The fraction of sp³-hybridized carbons (Fsp3) is 0.267. The van der Waals surface area contributed by atoms with Crippen molar-refractivity contribution in [2.75, 3.05) is 6.54 Å². The van der Waals surface area contributed by atoms with Crippen molar-refractivity contribution < 1.29 is 4.79 Å². The Labute approximate surface area is 122 Å². The van der Waals surface area contributed by atoms with Crippen LogP contribution in [0.2, 0.25) is 0 Å². The SMILES string of the molecule is CCN(Cc1ccccc1)C1=CCC(=[N+]=[N-])C=C1Br. The summed E-state index contributed by atoms with van der Waals surface area (Å²) in [4.78, 5) is 5.54. The molecule has 4 heteroatoms. The first kappa shape index (κ1) is 13.8. The Balaban J connectivity index is 2.17. The smallest absolute Gasteiger partial charge is 0.297 e. The monoisotopic (exact) mass is 317 g/mol. The van der Waals surface area contributed by atoms with Gasteiger partial charge in [-0.25, -0.2) is 0 Å². The van der Waals surface area contributed by atoms with E-state index in [9.17, 15) is 0 Å². The molecule has 1 aliphatic carbocycles. The van der Waals surface area contributed by atoms with Gasteiger partial charge in [0.05, 0.1) is 6.42 Å². The summed E-state index contributed by atoms with van der Waals surface area (Å²) in [7, 11) is 0. The van der Waals surface area contributed by atoms with Gasteiger partial charge in [-0.05, 0) is 34.5 Å². The van der Waals surface area contributed by atoms with Crippen LogP contribution in [-0.2, 0) is 6.54 Å². The Morgan fingerprint density at radius 2 is 2.05 bits per heavy atom. The third-order valence-electron chi connectivity index (χ3n) is 3.11. The molecule has 19 heavy (non-hydrogen) atoms. The van der Waals surface area contributed by atoms with Crippen molar-refractivity contribution in [3.8, 4) is 0 Å². The van der Waals surface area contributed by atoms with Crippen molar-refractivity contribution >= 4 is 21.6 Å². The Kier molecular flexibility index (Phi) is 4.72. The third kappa shape index (κ3) is 3.43. The fourth-order valence-electron chi connectivity index (χ4n) is 2.10. The maximum atomic E-state index is 8.81. The summed E-state index contributed by atoms with van der Waals surface area (Å²) in [6.45, 7) is 3.94. The molecule has 0 unspecified atom stereocenters. The number of benzene rings is 1. The second-order valence-electron chi connectivity index (χ2n) is 4.38. The highest BCUT2D eigenvalue weighted by Crippen LogP contribution is 2.26. The zero-order chi connectivity index (χ0) is 13.7. The lowest BCUT2D eigenvalue weighted by Gasteiger charge is -2.27. The molecule has 1 aliphatic rings. The van der Waals surface area contributed by atoms with Gasteiger partial charge in [0.15, 0.2) is 0 Å². The zero-order valence-electron chi connectivity index (χ0n) is 10.9. The van der Waals surface area contributed by atoms with Gasteiger partial charge in [-0.1, -0.05) is 30.3 Å². The molecule has 3 nitrogen and oxygen atoms in total. The molecule has 0 N–H and O–H groups in total. The molecule has 1 aromatic rings. The van der Waals surface area contributed by atoms with E-state index in [1.807, 2.05) is 12.1 Å². The molecule has 0 saturated heterocycles. The molecule has 0 saturated carbocycles. The fourth-order valence-corrected chi connectivity index (χ4v) is 2.78. The third-order valence-corrected chi connectivity index (χ3v) is 3.74. The van der Waals surface area contributed by atoms with Crippen molar-refractivity contribution in [3.05, 3.63) is 63.8 Å². The summed E-state index contributed by atoms with van der Waals surface area (Å²) in [6, 6.07) is 10.4. The highest BCUT2D eigenvalue weighted by atomic mass is 79.9. The lowest BCUT2D eigenvalue weighted by Crippen LogP contribution is -2.24. The van der Waals surface area contributed by atoms with Crippen LogP contribution in [0.25, 0.3) is 5.53 Å². The van der Waals surface area contributed by atoms with Crippen molar-refractivity contribution in [2.24, 2.45) is 0 Å². The number of allylic oxidation sites excluding steroid dienone is 3. The average Bonchev–Trinajstić information content (AvgIpc) is 2.46. The van der Waals surface area contributed by atoms with Gasteiger partial charge in [0.25, 0.3) is 5.71 Å². The molecule has 0 bridgehead atoms. The second kappa shape index (κ2) is 6.50. The van der Waals surface area contributed by atoms with E-state index in [-0.39, 0.29) is 0 Å². The van der Waals surface area contributed by atoms with Crippen molar-refractivity contribution in [2.45, 2.75) is 19.9 Å². The summed E-state index contributed by atoms with van der Waals surface area (Å²) in [5.74, 6) is 0. The van der Waals surface area contributed by atoms with Crippen LogP contribution in [0.4, 0.5) is 0 Å². The molecule has 0 radical (unpaired) electrons. The maximum Gasteiger partial charge on any atom is 0.297 e. The molecule has 0 aliphatic heterocycles. The van der Waals surface area contributed by atoms with E-state index in [0.29, 0.717) is 12.1 Å². The second-order valence-corrected chi connectivity index (χ2v) is 5.23. The van der Waals surface area contributed by atoms with Crippen LogP contribution >= 0.6 is 15.9 Å². The van der Waals surface area contributed by atoms with Crippen LogP contribution in [-0.4, -0.2) is 21.9 Å². The van der Waals surface area contributed by atoms with E-state index in [1.165, 1.54) is 5.56 Å². The number of halogens is 1. The molecule has 2 rings (SSSR count). The molecule has 1 aromatic carbocycles. The lowest BCUT2D eigenvalue weighted by molar-refractivity contribution is -0.00549. The summed E-state index contributed by atoms with van der Waals surface area (Å²) in [5.41, 5.74) is 11.9. The summed E-state index contributed by atoms with van der Waals surface area (Å²) >= 11 is 3.55. The summed E-state index contributed by atoms with van der Waals surface area (Å²) in [6.07, 6.45) is 4.61. The first-order valence-electron chi connectivity index (χ1n) is 6.32. The van der Waals surface area contributed by atoms with E-state index < -0.39 is 0 Å². The predicted octanol–water partition coefficient (Wildman–Crippen LogP) is 3.75. The average molecular weight is 318 g/mol. The number of hydrogen-bond donors (Lipinski definition) is 0. The maximum absolute atomic E-state index is 8.81. The molecular formula is C15H16BrN3. The van der Waals surface area contributed by atoms with Gasteiger partial charge in [0, 0.05) is 29.3 Å². The molecule has 0 aromatic heterocycles. The van der Waals surface area contributed by atoms with Crippen molar-refractivity contribution in [1.29, 1.82) is 0 Å². The Bertz CT molecular complexity index is 554. The Hall–Kier alpha value is -1.64. The highest BCUT2D eigenvalue weighted by Gasteiger charge is 2.18. The van der Waals surface area contributed by atoms with Gasteiger partial charge in [-0.2, -0.15) is 4.79 Å². The normalized spacial score (nSPS) is 14.5. The van der Waals surface area contributed by atoms with Gasteiger partial charge in [0.1, 0.15) is 0 Å². The molecule has 98 valence electrons. The van der Waals surface area contributed by atoms with Gasteiger partial charge in [-0.3, -0.25) is 0 Å². The number of hydrogen-bond acceptors (Lipinski definition) is 1. The van der Waals surface area contributed by atoms with Crippen LogP contribution in [0, 0.1) is 0 Å². The topological polar surface area (TPSA) is 39.6 Å². The van der Waals surface area contributed by atoms with E-state index in [4.69, 9.17) is 5.53 Å². The van der Waals surface area contributed by atoms with E-state index >= 15 is 0 Å². The highest BCUT2D eigenvalue weighted by molar-refractivity contribution is 9.12. The number of rotatable bonds is 4. The summed E-state index contributed by atoms with van der Waals surface area (Å²) in [5, 5.41) is 0. The van der Waals surface area contributed by atoms with Crippen molar-refractivity contribution in [1.82, 2.24) is 4.90 Å². The quantitative estimate of drug-likeness (QED) is 0.616. The minimum Gasteiger partial charge on any atom is -0.367 e. The molecule has 0 fully saturated rings. The Morgan fingerprint density at radius 3 is 2.63 bits per heavy atom. The van der Waals surface area contributed by atoms with Gasteiger partial charge < -0.3 is 10.4 Å². The molecule has 0 heterocycles. The number of nitrogens with zero attached hydrogens (tertiary/aromatic N) is 3. The lowest BCUT2D eigenvalue weighted by atomic mass is 10.1.